The number of carbonyl (C=O) groups excluding carboxylic acids is 2. The lowest BCUT2D eigenvalue weighted by molar-refractivity contribution is -0.150. The van der Waals surface area contributed by atoms with E-state index in [2.05, 4.69) is 80.8 Å². The number of rotatable bonds is 50. The van der Waals surface area contributed by atoms with Gasteiger partial charge in [0.15, 0.2) is 0 Å². The van der Waals surface area contributed by atoms with Gasteiger partial charge in [-0.05, 0) is 70.6 Å². The van der Waals surface area contributed by atoms with E-state index in [1.165, 1.54) is 173 Å². The summed E-state index contributed by atoms with van der Waals surface area (Å²) >= 11 is 0. The summed E-state index contributed by atoms with van der Waals surface area (Å²) in [6.07, 6.45) is 65.8. The van der Waals surface area contributed by atoms with Gasteiger partial charge in [-0.2, -0.15) is 0 Å². The lowest BCUT2D eigenvalue weighted by Gasteiger charge is -2.24. The molecule has 0 aromatic carbocycles. The predicted molar refractivity (Wildman–Crippen MR) is 282 cm³/mol. The highest BCUT2D eigenvalue weighted by molar-refractivity contribution is 5.77. The summed E-state index contributed by atoms with van der Waals surface area (Å²) < 4.78 is 5.88. The van der Waals surface area contributed by atoms with E-state index in [1.807, 2.05) is 6.08 Å². The Morgan fingerprint density at radius 2 is 0.815 bits per heavy atom. The fourth-order valence-corrected chi connectivity index (χ4v) is 8.29. The summed E-state index contributed by atoms with van der Waals surface area (Å²) in [5.74, 6) is -0.575. The molecule has 0 aliphatic heterocycles. The molecule has 0 rings (SSSR count). The highest BCUT2D eigenvalue weighted by Gasteiger charge is 2.23. The van der Waals surface area contributed by atoms with Crippen molar-refractivity contribution in [3.8, 4) is 0 Å². The van der Waals surface area contributed by atoms with Crippen molar-refractivity contribution in [1.29, 1.82) is 0 Å². The molecule has 378 valence electrons. The molecule has 1 amide bonds. The summed E-state index contributed by atoms with van der Waals surface area (Å²) in [5.41, 5.74) is 0. The summed E-state index contributed by atoms with van der Waals surface area (Å²) in [6, 6.07) is -0.733. The minimum absolute atomic E-state index is 0.0000766. The SMILES string of the molecule is CCCCC/C=C\C/C=C\C/C=C\C/C=C\CC(CC(=O)NC(CO)C(O)CCCCCCCCCCCCCCCCCC)OC(=O)CCCCCCCCC/C=C\CCCCCC. The molecule has 0 bridgehead atoms. The quantitative estimate of drug-likeness (QED) is 0.0321. The molecule has 0 aromatic rings. The van der Waals surface area contributed by atoms with E-state index in [4.69, 9.17) is 4.74 Å². The van der Waals surface area contributed by atoms with Crippen molar-refractivity contribution in [2.75, 3.05) is 6.61 Å². The maximum absolute atomic E-state index is 13.2. The Balaban J connectivity index is 4.66. The third kappa shape index (κ3) is 47.8. The largest absolute Gasteiger partial charge is 0.461 e. The smallest absolute Gasteiger partial charge is 0.306 e. The van der Waals surface area contributed by atoms with Crippen molar-refractivity contribution < 1.29 is 24.5 Å². The standard InChI is InChI=1S/C59H107NO5/c1-4-7-10-13-16-19-22-25-28-31-33-36-39-42-45-48-51-57(62)56(54-61)60-58(63)53-55(50-47-44-41-38-35-32-29-26-23-20-17-14-11-8-5-2)65-59(64)52-49-46-43-40-37-34-30-27-24-21-18-15-12-9-6-3/h17,20-21,24,26,29,35,38,44,47,55-57,61-62H,4-16,18-19,22-23,25,27-28,30-34,36-37,39-43,45-46,48-54H2,1-3H3,(H,60,63)/b20-17-,24-21-,29-26-,38-35-,47-44-. The molecule has 0 saturated heterocycles. The van der Waals surface area contributed by atoms with Crippen molar-refractivity contribution in [2.45, 2.75) is 296 Å². The molecule has 3 N–H and O–H groups in total. The Bertz CT molecular complexity index is 1160. The van der Waals surface area contributed by atoms with Gasteiger partial charge in [0.2, 0.25) is 5.91 Å². The van der Waals surface area contributed by atoms with Crippen molar-refractivity contribution >= 4 is 11.9 Å². The van der Waals surface area contributed by atoms with E-state index in [-0.39, 0.29) is 24.9 Å². The van der Waals surface area contributed by atoms with E-state index in [9.17, 15) is 19.8 Å². The van der Waals surface area contributed by atoms with Gasteiger partial charge < -0.3 is 20.3 Å². The van der Waals surface area contributed by atoms with Crippen LogP contribution < -0.4 is 5.32 Å². The van der Waals surface area contributed by atoms with Crippen LogP contribution in [0.25, 0.3) is 0 Å². The highest BCUT2D eigenvalue weighted by atomic mass is 16.5. The zero-order valence-corrected chi connectivity index (χ0v) is 43.1. The molecule has 6 nitrogen and oxygen atoms in total. The first-order valence-corrected chi connectivity index (χ1v) is 28.0. The number of hydrogen-bond donors (Lipinski definition) is 3. The molecule has 3 unspecified atom stereocenters. The monoisotopic (exact) mass is 910 g/mol. The molecule has 6 heteroatoms. The first-order valence-electron chi connectivity index (χ1n) is 28.0. The lowest BCUT2D eigenvalue weighted by Crippen LogP contribution is -2.46. The second-order valence-electron chi connectivity index (χ2n) is 19.0. The summed E-state index contributed by atoms with van der Waals surface area (Å²) in [7, 11) is 0. The Morgan fingerprint density at radius 1 is 0.462 bits per heavy atom. The first kappa shape index (κ1) is 62.6. The second-order valence-corrected chi connectivity index (χ2v) is 19.0. The molecule has 0 fully saturated rings. The number of aliphatic hydroxyl groups is 2. The van der Waals surface area contributed by atoms with Gasteiger partial charge in [0.05, 0.1) is 25.2 Å². The van der Waals surface area contributed by atoms with Crippen molar-refractivity contribution in [2.24, 2.45) is 0 Å². The molecule has 0 saturated carbocycles. The zero-order chi connectivity index (χ0) is 47.4. The Morgan fingerprint density at radius 3 is 1.29 bits per heavy atom. The average molecular weight is 911 g/mol. The van der Waals surface area contributed by atoms with Crippen LogP contribution in [-0.2, 0) is 14.3 Å². The van der Waals surface area contributed by atoms with Crippen LogP contribution in [0.2, 0.25) is 0 Å². The second kappa shape index (κ2) is 52.5. The molecule has 0 aliphatic rings. The van der Waals surface area contributed by atoms with Gasteiger partial charge >= 0.3 is 5.97 Å². The van der Waals surface area contributed by atoms with Gasteiger partial charge in [0.25, 0.3) is 0 Å². The highest BCUT2D eigenvalue weighted by Crippen LogP contribution is 2.17. The van der Waals surface area contributed by atoms with Crippen LogP contribution in [0.3, 0.4) is 0 Å². The number of nitrogens with one attached hydrogen (secondary N) is 1. The van der Waals surface area contributed by atoms with E-state index < -0.39 is 18.2 Å². The summed E-state index contributed by atoms with van der Waals surface area (Å²) in [5, 5.41) is 23.8. The summed E-state index contributed by atoms with van der Waals surface area (Å²) in [4.78, 5) is 26.2. The molecule has 0 radical (unpaired) electrons. The van der Waals surface area contributed by atoms with Crippen molar-refractivity contribution in [3.05, 3.63) is 60.8 Å². The summed E-state index contributed by atoms with van der Waals surface area (Å²) in [6.45, 7) is 6.44. The van der Waals surface area contributed by atoms with E-state index >= 15 is 0 Å². The van der Waals surface area contributed by atoms with Crippen molar-refractivity contribution in [1.82, 2.24) is 5.32 Å². The molecule has 3 atom stereocenters. The van der Waals surface area contributed by atoms with E-state index in [0.717, 1.165) is 57.8 Å². The first-order chi connectivity index (χ1) is 32.0. The Kier molecular flexibility index (Phi) is 50.6. The van der Waals surface area contributed by atoms with Gasteiger partial charge in [0.1, 0.15) is 6.10 Å². The predicted octanol–water partition coefficient (Wildman–Crippen LogP) is 17.2. The van der Waals surface area contributed by atoms with Gasteiger partial charge in [-0.15, -0.1) is 0 Å². The van der Waals surface area contributed by atoms with Gasteiger partial charge in [-0.1, -0.05) is 248 Å². The molecule has 0 aliphatic carbocycles. The van der Waals surface area contributed by atoms with Crippen LogP contribution in [0.5, 0.6) is 0 Å². The molecule has 65 heavy (non-hydrogen) atoms. The minimum Gasteiger partial charge on any atom is -0.461 e. The topological polar surface area (TPSA) is 95.9 Å². The van der Waals surface area contributed by atoms with E-state index in [1.54, 1.807) is 0 Å². The maximum atomic E-state index is 13.2. The van der Waals surface area contributed by atoms with Gasteiger partial charge in [0, 0.05) is 12.8 Å². The lowest BCUT2D eigenvalue weighted by atomic mass is 10.0. The number of allylic oxidation sites excluding steroid dienone is 9. The normalized spacial score (nSPS) is 13.6. The van der Waals surface area contributed by atoms with Crippen LogP contribution in [0.15, 0.2) is 60.8 Å². The number of amides is 1. The number of carbonyl (C=O) groups is 2. The fraction of sp³-hybridized carbons (Fsp3) is 0.797. The van der Waals surface area contributed by atoms with Crippen LogP contribution in [0.1, 0.15) is 278 Å². The van der Waals surface area contributed by atoms with Crippen LogP contribution in [-0.4, -0.2) is 46.9 Å². The number of hydrogen-bond acceptors (Lipinski definition) is 5. The van der Waals surface area contributed by atoms with E-state index in [0.29, 0.717) is 19.3 Å². The van der Waals surface area contributed by atoms with Crippen LogP contribution in [0.4, 0.5) is 0 Å². The minimum atomic E-state index is -0.813. The Labute approximate surface area is 403 Å². The van der Waals surface area contributed by atoms with Crippen LogP contribution >= 0.6 is 0 Å². The average Bonchev–Trinajstić information content (AvgIpc) is 3.30. The molecular weight excluding hydrogens is 803 g/mol. The molecule has 0 aromatic heterocycles. The fourth-order valence-electron chi connectivity index (χ4n) is 8.29. The zero-order valence-electron chi connectivity index (χ0n) is 43.1. The number of unbranched alkanes of at least 4 members (excludes halogenated alkanes) is 29. The third-order valence-corrected chi connectivity index (χ3v) is 12.6. The maximum Gasteiger partial charge on any atom is 0.306 e. The molecule has 0 heterocycles. The number of aliphatic hydroxyl groups excluding tert-OH is 2. The van der Waals surface area contributed by atoms with Gasteiger partial charge in [-0.25, -0.2) is 0 Å². The Hall–Kier alpha value is -2.44. The molecule has 0 spiro atoms. The molecular formula is C59H107NO5. The number of esters is 1. The van der Waals surface area contributed by atoms with Crippen molar-refractivity contribution in [3.63, 3.8) is 0 Å². The van der Waals surface area contributed by atoms with Crippen LogP contribution in [0, 0.1) is 0 Å². The number of ether oxygens (including phenoxy) is 1. The van der Waals surface area contributed by atoms with Gasteiger partial charge in [-0.3, -0.25) is 9.59 Å². The third-order valence-electron chi connectivity index (χ3n) is 12.6.